The molecule has 0 amide bonds. The van der Waals surface area contributed by atoms with Crippen LogP contribution in [0.25, 0.3) is 10.2 Å². The number of benzene rings is 1. The fraction of sp³-hybridized carbons (Fsp3) is 0.462. The molecule has 0 saturated carbocycles. The van der Waals surface area contributed by atoms with Gasteiger partial charge in [0.2, 0.25) is 0 Å². The fourth-order valence-electron chi connectivity index (χ4n) is 1.66. The summed E-state index contributed by atoms with van der Waals surface area (Å²) in [5.41, 5.74) is 2.52. The van der Waals surface area contributed by atoms with Gasteiger partial charge in [-0.05, 0) is 37.7 Å². The van der Waals surface area contributed by atoms with Gasteiger partial charge in [-0.1, -0.05) is 19.9 Å². The molecule has 2 aromatic rings. The molecule has 0 fully saturated rings. The monoisotopic (exact) mass is 234 g/mol. The van der Waals surface area contributed by atoms with Crippen molar-refractivity contribution in [3.05, 3.63) is 28.8 Å². The van der Waals surface area contributed by atoms with Crippen LogP contribution < -0.4 is 5.32 Å². The highest BCUT2D eigenvalue weighted by molar-refractivity contribution is 7.18. The highest BCUT2D eigenvalue weighted by atomic mass is 32.1. The SMILES string of the molecule is CNCCc1ccc2sc(C(C)C)nc2c1. The van der Waals surface area contributed by atoms with E-state index in [-0.39, 0.29) is 0 Å². The number of hydrogen-bond acceptors (Lipinski definition) is 3. The third kappa shape index (κ3) is 2.42. The second kappa shape index (κ2) is 4.93. The average Bonchev–Trinajstić information content (AvgIpc) is 2.69. The van der Waals surface area contributed by atoms with Crippen LogP contribution in [0.3, 0.4) is 0 Å². The first kappa shape index (κ1) is 11.6. The Labute approximate surface area is 101 Å². The summed E-state index contributed by atoms with van der Waals surface area (Å²) in [6, 6.07) is 6.63. The van der Waals surface area contributed by atoms with E-state index in [0.29, 0.717) is 5.92 Å². The topological polar surface area (TPSA) is 24.9 Å². The first-order valence-electron chi connectivity index (χ1n) is 5.74. The van der Waals surface area contributed by atoms with E-state index in [1.165, 1.54) is 15.3 Å². The molecule has 2 rings (SSSR count). The van der Waals surface area contributed by atoms with E-state index >= 15 is 0 Å². The van der Waals surface area contributed by atoms with Crippen LogP contribution in [0.1, 0.15) is 30.3 Å². The number of nitrogens with zero attached hydrogens (tertiary/aromatic N) is 1. The molecule has 1 heterocycles. The first-order chi connectivity index (χ1) is 7.70. The van der Waals surface area contributed by atoms with E-state index in [0.717, 1.165) is 18.5 Å². The number of thiazole rings is 1. The second-order valence-electron chi connectivity index (χ2n) is 4.36. The molecule has 86 valence electrons. The van der Waals surface area contributed by atoms with Gasteiger partial charge in [-0.15, -0.1) is 11.3 Å². The van der Waals surface area contributed by atoms with Crippen molar-refractivity contribution in [3.63, 3.8) is 0 Å². The summed E-state index contributed by atoms with van der Waals surface area (Å²) < 4.78 is 1.30. The molecule has 0 atom stereocenters. The van der Waals surface area contributed by atoms with Crippen LogP contribution in [0.5, 0.6) is 0 Å². The van der Waals surface area contributed by atoms with Gasteiger partial charge < -0.3 is 5.32 Å². The van der Waals surface area contributed by atoms with Crippen LogP contribution in [0.4, 0.5) is 0 Å². The third-order valence-corrected chi connectivity index (χ3v) is 3.96. The summed E-state index contributed by atoms with van der Waals surface area (Å²) in [5, 5.41) is 4.41. The Balaban J connectivity index is 2.30. The molecule has 16 heavy (non-hydrogen) atoms. The van der Waals surface area contributed by atoms with Gasteiger partial charge in [-0.3, -0.25) is 0 Å². The molecular weight excluding hydrogens is 216 g/mol. The summed E-state index contributed by atoms with van der Waals surface area (Å²) in [5.74, 6) is 0.526. The third-order valence-electron chi connectivity index (χ3n) is 2.63. The van der Waals surface area contributed by atoms with E-state index in [9.17, 15) is 0 Å². The van der Waals surface area contributed by atoms with Gasteiger partial charge in [-0.25, -0.2) is 4.98 Å². The smallest absolute Gasteiger partial charge is 0.0963 e. The molecule has 0 aliphatic rings. The summed E-state index contributed by atoms with van der Waals surface area (Å²) >= 11 is 1.81. The maximum atomic E-state index is 4.68. The van der Waals surface area contributed by atoms with Gasteiger partial charge in [0.05, 0.1) is 15.2 Å². The molecule has 0 bridgehead atoms. The zero-order valence-electron chi connectivity index (χ0n) is 10.1. The Morgan fingerprint density at radius 1 is 1.38 bits per heavy atom. The van der Waals surface area contributed by atoms with E-state index in [4.69, 9.17) is 0 Å². The van der Waals surface area contributed by atoms with Crippen LogP contribution in [0, 0.1) is 0 Å². The lowest BCUT2D eigenvalue weighted by molar-refractivity contribution is 0.792. The number of aromatic nitrogens is 1. The Morgan fingerprint density at radius 2 is 2.19 bits per heavy atom. The standard InChI is InChI=1S/C13H18N2S/c1-9(2)13-15-11-8-10(6-7-14-3)4-5-12(11)16-13/h4-5,8-9,14H,6-7H2,1-3H3. The molecule has 0 radical (unpaired) electrons. The van der Waals surface area contributed by atoms with E-state index in [1.54, 1.807) is 0 Å². The molecule has 0 saturated heterocycles. The minimum absolute atomic E-state index is 0.526. The maximum Gasteiger partial charge on any atom is 0.0963 e. The number of nitrogens with one attached hydrogen (secondary N) is 1. The lowest BCUT2D eigenvalue weighted by Crippen LogP contribution is -2.10. The van der Waals surface area contributed by atoms with Crippen molar-refractivity contribution in [2.75, 3.05) is 13.6 Å². The first-order valence-corrected chi connectivity index (χ1v) is 6.56. The van der Waals surface area contributed by atoms with Gasteiger partial charge in [-0.2, -0.15) is 0 Å². The zero-order chi connectivity index (χ0) is 11.5. The van der Waals surface area contributed by atoms with Crippen LogP contribution in [0.2, 0.25) is 0 Å². The fourth-order valence-corrected chi connectivity index (χ4v) is 2.61. The van der Waals surface area contributed by atoms with Gasteiger partial charge in [0.15, 0.2) is 0 Å². The molecule has 0 aliphatic heterocycles. The minimum atomic E-state index is 0.526. The summed E-state index contributed by atoms with van der Waals surface area (Å²) in [4.78, 5) is 4.68. The largest absolute Gasteiger partial charge is 0.319 e. The maximum absolute atomic E-state index is 4.68. The van der Waals surface area contributed by atoms with Crippen molar-refractivity contribution < 1.29 is 0 Å². The zero-order valence-corrected chi connectivity index (χ0v) is 10.9. The van der Waals surface area contributed by atoms with E-state index in [2.05, 4.69) is 42.3 Å². The molecule has 1 aromatic heterocycles. The van der Waals surface area contributed by atoms with Crippen molar-refractivity contribution in [2.45, 2.75) is 26.2 Å². The van der Waals surface area contributed by atoms with E-state index in [1.807, 2.05) is 18.4 Å². The highest BCUT2D eigenvalue weighted by Gasteiger charge is 2.07. The van der Waals surface area contributed by atoms with Crippen LogP contribution in [-0.2, 0) is 6.42 Å². The predicted octanol–water partition coefficient (Wildman–Crippen LogP) is 3.18. The van der Waals surface area contributed by atoms with Crippen LogP contribution in [-0.4, -0.2) is 18.6 Å². The molecular formula is C13H18N2S. The van der Waals surface area contributed by atoms with Crippen molar-refractivity contribution in [1.29, 1.82) is 0 Å². The van der Waals surface area contributed by atoms with Crippen molar-refractivity contribution in [2.24, 2.45) is 0 Å². The number of rotatable bonds is 4. The van der Waals surface area contributed by atoms with Crippen molar-refractivity contribution in [1.82, 2.24) is 10.3 Å². The summed E-state index contributed by atoms with van der Waals surface area (Å²) in [7, 11) is 1.98. The Hall–Kier alpha value is -0.930. The molecule has 1 N–H and O–H groups in total. The van der Waals surface area contributed by atoms with E-state index < -0.39 is 0 Å². The molecule has 2 nitrogen and oxygen atoms in total. The van der Waals surface area contributed by atoms with Crippen LogP contribution in [0.15, 0.2) is 18.2 Å². The number of fused-ring (bicyclic) bond motifs is 1. The molecule has 0 unspecified atom stereocenters. The quantitative estimate of drug-likeness (QED) is 0.879. The summed E-state index contributed by atoms with van der Waals surface area (Å²) in [6.45, 7) is 5.41. The van der Waals surface area contributed by atoms with Crippen molar-refractivity contribution >= 4 is 21.6 Å². The van der Waals surface area contributed by atoms with Gasteiger partial charge >= 0.3 is 0 Å². The number of likely N-dealkylation sites (N-methyl/N-ethyl adjacent to an activating group) is 1. The minimum Gasteiger partial charge on any atom is -0.319 e. The molecule has 1 aromatic carbocycles. The Morgan fingerprint density at radius 3 is 2.88 bits per heavy atom. The molecule has 0 aliphatic carbocycles. The van der Waals surface area contributed by atoms with Gasteiger partial charge in [0.25, 0.3) is 0 Å². The van der Waals surface area contributed by atoms with Crippen LogP contribution >= 0.6 is 11.3 Å². The molecule has 0 spiro atoms. The average molecular weight is 234 g/mol. The van der Waals surface area contributed by atoms with Gasteiger partial charge in [0, 0.05) is 5.92 Å². The Bertz CT molecular complexity index is 474. The number of hydrogen-bond donors (Lipinski definition) is 1. The lowest BCUT2D eigenvalue weighted by atomic mass is 10.1. The second-order valence-corrected chi connectivity index (χ2v) is 5.42. The molecule has 3 heteroatoms. The normalized spacial score (nSPS) is 11.5. The van der Waals surface area contributed by atoms with Crippen molar-refractivity contribution in [3.8, 4) is 0 Å². The Kier molecular flexibility index (Phi) is 3.56. The predicted molar refractivity (Wildman–Crippen MR) is 71.3 cm³/mol. The summed E-state index contributed by atoms with van der Waals surface area (Å²) in [6.07, 6.45) is 1.07. The lowest BCUT2D eigenvalue weighted by Gasteiger charge is -1.99. The highest BCUT2D eigenvalue weighted by Crippen LogP contribution is 2.27. The van der Waals surface area contributed by atoms with Gasteiger partial charge in [0.1, 0.15) is 0 Å².